The Morgan fingerprint density at radius 2 is 2.00 bits per heavy atom. The first-order valence-corrected chi connectivity index (χ1v) is 5.57. The van der Waals surface area contributed by atoms with Gasteiger partial charge in [0, 0.05) is 10.6 Å². The summed E-state index contributed by atoms with van der Waals surface area (Å²) in [5.41, 5.74) is 2.92. The third-order valence-electron chi connectivity index (χ3n) is 1.85. The largest absolute Gasteiger partial charge is 0.126 e. The second-order valence-corrected chi connectivity index (χ2v) is 3.85. The van der Waals surface area contributed by atoms with Gasteiger partial charge in [-0.15, -0.1) is 11.8 Å². The van der Waals surface area contributed by atoms with Crippen LogP contribution in [0.2, 0.25) is 0 Å². The highest BCUT2D eigenvalue weighted by Gasteiger charge is 2.09. The first-order chi connectivity index (χ1) is 5.86. The van der Waals surface area contributed by atoms with Gasteiger partial charge in [0.05, 0.1) is 0 Å². The monoisotopic (exact) mass is 180 g/mol. The first-order valence-electron chi connectivity index (χ1n) is 4.58. The highest BCUT2D eigenvalue weighted by atomic mass is 32.2. The smallest absolute Gasteiger partial charge is 0.0107 e. The van der Waals surface area contributed by atoms with Crippen LogP contribution in [-0.2, 0) is 6.42 Å². The van der Waals surface area contributed by atoms with E-state index < -0.39 is 0 Å². The van der Waals surface area contributed by atoms with Gasteiger partial charge in [0.25, 0.3) is 0 Å². The summed E-state index contributed by atoms with van der Waals surface area (Å²) in [5, 5.41) is 0. The van der Waals surface area contributed by atoms with Crippen molar-refractivity contribution in [3.05, 3.63) is 29.3 Å². The van der Waals surface area contributed by atoms with E-state index in [0.717, 1.165) is 0 Å². The van der Waals surface area contributed by atoms with Gasteiger partial charge in [-0.25, -0.2) is 0 Å². The number of hydrogen-bond acceptors (Lipinski definition) is 1. The molecule has 1 aliphatic rings. The highest BCUT2D eigenvalue weighted by Crippen LogP contribution is 2.31. The molecule has 0 saturated carbocycles. The molecule has 0 fully saturated rings. The Hall–Kier alpha value is -0.430. The summed E-state index contributed by atoms with van der Waals surface area (Å²) >= 11 is 1.98. The minimum atomic E-state index is 1.26. The minimum Gasteiger partial charge on any atom is -0.126 e. The van der Waals surface area contributed by atoms with Crippen LogP contribution in [0.3, 0.4) is 0 Å². The molecule has 0 N–H and O–H groups in total. The van der Waals surface area contributed by atoms with Gasteiger partial charge in [0.15, 0.2) is 0 Å². The van der Waals surface area contributed by atoms with Gasteiger partial charge in [-0.2, -0.15) is 0 Å². The molecule has 1 aromatic carbocycles. The Balaban J connectivity index is 0.000000336. The number of rotatable bonds is 0. The van der Waals surface area contributed by atoms with Crippen molar-refractivity contribution in [2.45, 2.75) is 32.1 Å². The Labute approximate surface area is 79.4 Å². The number of hydrogen-bond donors (Lipinski definition) is 0. The lowest BCUT2D eigenvalue weighted by atomic mass is 10.1. The summed E-state index contributed by atoms with van der Waals surface area (Å²) in [6.45, 7) is 6.15. The molecule has 0 unspecified atom stereocenters. The maximum absolute atomic E-state index is 2.28. The highest BCUT2D eigenvalue weighted by molar-refractivity contribution is 7.99. The van der Waals surface area contributed by atoms with E-state index in [1.165, 1.54) is 28.2 Å². The van der Waals surface area contributed by atoms with E-state index in [1.807, 2.05) is 25.6 Å². The van der Waals surface area contributed by atoms with Crippen molar-refractivity contribution in [1.29, 1.82) is 0 Å². The molecule has 0 aromatic heterocycles. The standard InChI is InChI=1S/C9H10S.C2H6/c1-7-2-3-8-4-5-10-9(8)6-7;1-2/h2-3,6H,4-5H2,1H3;1-2H3. The van der Waals surface area contributed by atoms with Crippen molar-refractivity contribution >= 4 is 11.8 Å². The van der Waals surface area contributed by atoms with Crippen LogP contribution in [0.1, 0.15) is 25.0 Å². The Morgan fingerprint density at radius 1 is 1.25 bits per heavy atom. The van der Waals surface area contributed by atoms with Crippen LogP contribution in [0.25, 0.3) is 0 Å². The van der Waals surface area contributed by atoms with Crippen molar-refractivity contribution in [2.24, 2.45) is 0 Å². The molecular weight excluding hydrogens is 164 g/mol. The van der Waals surface area contributed by atoms with Gasteiger partial charge in [-0.3, -0.25) is 0 Å². The molecule has 0 radical (unpaired) electrons. The lowest BCUT2D eigenvalue weighted by Crippen LogP contribution is -1.79. The van der Waals surface area contributed by atoms with Crippen LogP contribution in [0, 0.1) is 6.92 Å². The van der Waals surface area contributed by atoms with E-state index >= 15 is 0 Å². The van der Waals surface area contributed by atoms with Gasteiger partial charge >= 0.3 is 0 Å². The van der Waals surface area contributed by atoms with Gasteiger partial charge in [0.2, 0.25) is 0 Å². The molecule has 0 nitrogen and oxygen atoms in total. The molecule has 0 atom stereocenters. The van der Waals surface area contributed by atoms with Crippen molar-refractivity contribution in [3.63, 3.8) is 0 Å². The first kappa shape index (κ1) is 9.66. The van der Waals surface area contributed by atoms with Crippen LogP contribution in [0.15, 0.2) is 23.1 Å². The summed E-state index contributed by atoms with van der Waals surface area (Å²) in [5.74, 6) is 1.28. The number of benzene rings is 1. The molecule has 0 spiro atoms. The van der Waals surface area contributed by atoms with E-state index in [2.05, 4.69) is 25.1 Å². The summed E-state index contributed by atoms with van der Waals surface area (Å²) in [7, 11) is 0. The zero-order chi connectivity index (χ0) is 8.97. The predicted molar refractivity (Wildman–Crippen MR) is 57.0 cm³/mol. The molecule has 12 heavy (non-hydrogen) atoms. The average Bonchev–Trinajstić information content (AvgIpc) is 2.54. The molecular formula is C11H16S. The van der Waals surface area contributed by atoms with Gasteiger partial charge in [-0.05, 0) is 25.0 Å². The van der Waals surface area contributed by atoms with Crippen LogP contribution in [-0.4, -0.2) is 5.75 Å². The fourth-order valence-electron chi connectivity index (χ4n) is 1.27. The van der Waals surface area contributed by atoms with Crippen molar-refractivity contribution in [2.75, 3.05) is 5.75 Å². The molecule has 1 aromatic rings. The van der Waals surface area contributed by atoms with Crippen LogP contribution in [0.5, 0.6) is 0 Å². The molecule has 0 amide bonds. The molecule has 0 bridgehead atoms. The van der Waals surface area contributed by atoms with Crippen LogP contribution < -0.4 is 0 Å². The topological polar surface area (TPSA) is 0 Å². The molecule has 0 saturated heterocycles. The van der Waals surface area contributed by atoms with Gasteiger partial charge < -0.3 is 0 Å². The fraction of sp³-hybridized carbons (Fsp3) is 0.455. The third kappa shape index (κ3) is 2.04. The molecule has 66 valence electrons. The Morgan fingerprint density at radius 3 is 2.75 bits per heavy atom. The minimum absolute atomic E-state index is 1.26. The Kier molecular flexibility index (Phi) is 3.67. The maximum Gasteiger partial charge on any atom is 0.0107 e. The third-order valence-corrected chi connectivity index (χ3v) is 2.95. The van der Waals surface area contributed by atoms with E-state index in [1.54, 1.807) is 0 Å². The quantitative estimate of drug-likeness (QED) is 0.587. The maximum atomic E-state index is 2.28. The van der Waals surface area contributed by atoms with E-state index in [4.69, 9.17) is 0 Å². The molecule has 1 heteroatoms. The van der Waals surface area contributed by atoms with Crippen molar-refractivity contribution < 1.29 is 0 Å². The average molecular weight is 180 g/mol. The number of fused-ring (bicyclic) bond motifs is 1. The Bertz CT molecular complexity index is 253. The second kappa shape index (κ2) is 4.56. The SMILES string of the molecule is CC.Cc1ccc2c(c1)SCC2. The van der Waals surface area contributed by atoms with Crippen molar-refractivity contribution in [1.82, 2.24) is 0 Å². The summed E-state index contributed by atoms with van der Waals surface area (Å²) in [6, 6.07) is 6.74. The fourth-order valence-corrected chi connectivity index (χ4v) is 2.44. The zero-order valence-corrected chi connectivity index (χ0v) is 8.87. The molecule has 1 aliphatic heterocycles. The summed E-state index contributed by atoms with van der Waals surface area (Å²) in [4.78, 5) is 1.50. The zero-order valence-electron chi connectivity index (χ0n) is 8.05. The predicted octanol–water partition coefficient (Wildman–Crippen LogP) is 3.67. The lowest BCUT2D eigenvalue weighted by Gasteiger charge is -1.97. The second-order valence-electron chi connectivity index (χ2n) is 2.71. The summed E-state index contributed by atoms with van der Waals surface area (Å²) < 4.78 is 0. The van der Waals surface area contributed by atoms with Crippen LogP contribution >= 0.6 is 11.8 Å². The normalized spacial score (nSPS) is 13.2. The van der Waals surface area contributed by atoms with Crippen LogP contribution in [0.4, 0.5) is 0 Å². The summed E-state index contributed by atoms with van der Waals surface area (Å²) in [6.07, 6.45) is 1.26. The van der Waals surface area contributed by atoms with E-state index in [-0.39, 0.29) is 0 Å². The molecule has 0 aliphatic carbocycles. The molecule has 2 rings (SSSR count). The number of aryl methyl sites for hydroxylation is 2. The van der Waals surface area contributed by atoms with E-state index in [9.17, 15) is 0 Å². The lowest BCUT2D eigenvalue weighted by molar-refractivity contribution is 1.14. The van der Waals surface area contributed by atoms with Gasteiger partial charge in [0.1, 0.15) is 0 Å². The van der Waals surface area contributed by atoms with E-state index in [0.29, 0.717) is 0 Å². The molecule has 1 heterocycles. The van der Waals surface area contributed by atoms with Gasteiger partial charge in [-0.1, -0.05) is 31.5 Å². The van der Waals surface area contributed by atoms with Crippen molar-refractivity contribution in [3.8, 4) is 0 Å². The number of thioether (sulfide) groups is 1.